The summed E-state index contributed by atoms with van der Waals surface area (Å²) in [5.74, 6) is -0.330. The van der Waals surface area contributed by atoms with Gasteiger partial charge in [-0.3, -0.25) is 0 Å². The van der Waals surface area contributed by atoms with Crippen molar-refractivity contribution in [1.82, 2.24) is 9.66 Å². The molecular weight excluding hydrogens is 348 g/mol. The Hall–Kier alpha value is -2.74. The van der Waals surface area contributed by atoms with Crippen LogP contribution < -0.4 is 15.2 Å². The molecule has 25 heavy (non-hydrogen) atoms. The number of aryl methyl sites for hydroxylation is 1. The van der Waals surface area contributed by atoms with Crippen molar-refractivity contribution in [2.45, 2.75) is 26.9 Å². The van der Waals surface area contributed by atoms with Gasteiger partial charge < -0.3 is 20.3 Å². The standard InChI is InChI=1S/C16H19ClN4O4/c1-4-24-13-6-11(7-19-21-8-9(2)20-16(21)18)5-12(17)14(13)25-10(3)15(22)23/h5-8,10H,4H2,1-3H3,(H2,18,20)(H,22,23). The fraction of sp³-hybridized carbons (Fsp3) is 0.312. The second-order valence-electron chi connectivity index (χ2n) is 5.19. The van der Waals surface area contributed by atoms with Gasteiger partial charge in [-0.2, -0.15) is 5.10 Å². The normalized spacial score (nSPS) is 12.3. The Kier molecular flexibility index (Phi) is 5.87. The lowest BCUT2D eigenvalue weighted by Crippen LogP contribution is -2.23. The lowest BCUT2D eigenvalue weighted by molar-refractivity contribution is -0.144. The lowest BCUT2D eigenvalue weighted by atomic mass is 10.2. The highest BCUT2D eigenvalue weighted by Crippen LogP contribution is 2.37. The molecule has 1 unspecified atom stereocenters. The molecule has 1 heterocycles. The van der Waals surface area contributed by atoms with Crippen molar-refractivity contribution in [3.63, 3.8) is 0 Å². The summed E-state index contributed by atoms with van der Waals surface area (Å²) in [6.07, 6.45) is 2.16. The number of carboxylic acid groups (broad SMARTS) is 1. The quantitative estimate of drug-likeness (QED) is 0.728. The molecule has 0 aliphatic carbocycles. The fourth-order valence-corrected chi connectivity index (χ4v) is 2.26. The zero-order valence-corrected chi connectivity index (χ0v) is 14.8. The van der Waals surface area contributed by atoms with Crippen molar-refractivity contribution in [2.24, 2.45) is 5.10 Å². The Morgan fingerprint density at radius 2 is 2.28 bits per heavy atom. The van der Waals surface area contributed by atoms with Crippen LogP contribution in [0.25, 0.3) is 0 Å². The Morgan fingerprint density at radius 1 is 1.56 bits per heavy atom. The lowest BCUT2D eigenvalue weighted by Gasteiger charge is -2.16. The predicted molar refractivity (Wildman–Crippen MR) is 94.7 cm³/mol. The van der Waals surface area contributed by atoms with Gasteiger partial charge in [-0.25, -0.2) is 14.5 Å². The summed E-state index contributed by atoms with van der Waals surface area (Å²) in [6, 6.07) is 3.25. The summed E-state index contributed by atoms with van der Waals surface area (Å²) in [5.41, 5.74) is 7.11. The Balaban J connectivity index is 2.34. The molecular formula is C16H19ClN4O4. The summed E-state index contributed by atoms with van der Waals surface area (Å²) in [6.45, 7) is 5.38. The van der Waals surface area contributed by atoms with Crippen molar-refractivity contribution in [1.29, 1.82) is 0 Å². The molecule has 0 radical (unpaired) electrons. The zero-order valence-electron chi connectivity index (χ0n) is 14.1. The highest BCUT2D eigenvalue weighted by Gasteiger charge is 2.19. The number of aliphatic carboxylic acids is 1. The molecule has 0 fully saturated rings. The number of nitrogens with zero attached hydrogens (tertiary/aromatic N) is 3. The maximum absolute atomic E-state index is 11.0. The predicted octanol–water partition coefficient (Wildman–Crippen LogP) is 2.56. The number of hydrogen-bond acceptors (Lipinski definition) is 6. The summed E-state index contributed by atoms with van der Waals surface area (Å²) in [7, 11) is 0. The smallest absolute Gasteiger partial charge is 0.344 e. The van der Waals surface area contributed by atoms with E-state index in [1.165, 1.54) is 17.8 Å². The van der Waals surface area contributed by atoms with Gasteiger partial charge >= 0.3 is 5.97 Å². The fourth-order valence-electron chi connectivity index (χ4n) is 1.99. The van der Waals surface area contributed by atoms with Crippen LogP contribution in [0.3, 0.4) is 0 Å². The van der Waals surface area contributed by atoms with Gasteiger partial charge in [0, 0.05) is 0 Å². The summed E-state index contributed by atoms with van der Waals surface area (Å²) >= 11 is 6.23. The van der Waals surface area contributed by atoms with Crippen LogP contribution in [0, 0.1) is 6.92 Å². The van der Waals surface area contributed by atoms with Crippen molar-refractivity contribution in [3.8, 4) is 11.5 Å². The minimum absolute atomic E-state index is 0.175. The first-order valence-corrected chi connectivity index (χ1v) is 7.91. The van der Waals surface area contributed by atoms with Crippen molar-refractivity contribution >= 4 is 29.7 Å². The molecule has 2 aromatic rings. The first kappa shape index (κ1) is 18.6. The topological polar surface area (TPSA) is 112 Å². The number of ether oxygens (including phenoxy) is 2. The monoisotopic (exact) mass is 366 g/mol. The number of halogens is 1. The number of carbonyl (C=O) groups is 1. The van der Waals surface area contributed by atoms with Crippen molar-refractivity contribution < 1.29 is 19.4 Å². The average Bonchev–Trinajstić information content (AvgIpc) is 2.86. The molecule has 3 N–H and O–H groups in total. The van der Waals surface area contributed by atoms with Gasteiger partial charge in [0.15, 0.2) is 17.6 Å². The van der Waals surface area contributed by atoms with Gasteiger partial charge in [0.1, 0.15) is 0 Å². The van der Waals surface area contributed by atoms with Gasteiger partial charge in [-0.05, 0) is 38.5 Å². The molecule has 0 spiro atoms. The van der Waals surface area contributed by atoms with Crippen molar-refractivity contribution in [2.75, 3.05) is 12.3 Å². The van der Waals surface area contributed by atoms with Crippen LogP contribution in [0.1, 0.15) is 25.1 Å². The summed E-state index contributed by atoms with van der Waals surface area (Å²) in [4.78, 5) is 15.0. The number of hydrogen-bond donors (Lipinski definition) is 2. The van der Waals surface area contributed by atoms with Crippen LogP contribution in [0.15, 0.2) is 23.4 Å². The number of anilines is 1. The van der Waals surface area contributed by atoms with Crippen LogP contribution in [-0.2, 0) is 4.79 Å². The molecule has 0 aliphatic rings. The largest absolute Gasteiger partial charge is 0.490 e. The van der Waals surface area contributed by atoms with E-state index in [0.717, 1.165) is 5.69 Å². The van der Waals surface area contributed by atoms with E-state index < -0.39 is 12.1 Å². The maximum atomic E-state index is 11.0. The van der Waals surface area contributed by atoms with E-state index in [4.69, 9.17) is 31.9 Å². The molecule has 2 rings (SSSR count). The van der Waals surface area contributed by atoms with Gasteiger partial charge in [0.05, 0.1) is 29.7 Å². The van der Waals surface area contributed by atoms with E-state index in [1.807, 2.05) is 6.92 Å². The average molecular weight is 367 g/mol. The molecule has 1 atom stereocenters. The maximum Gasteiger partial charge on any atom is 0.344 e. The molecule has 8 nitrogen and oxygen atoms in total. The minimum atomic E-state index is -1.10. The van der Waals surface area contributed by atoms with Crippen LogP contribution in [-0.4, -0.2) is 39.7 Å². The third-order valence-corrected chi connectivity index (χ3v) is 3.42. The second-order valence-corrected chi connectivity index (χ2v) is 5.60. The molecule has 1 aromatic carbocycles. The van der Waals surface area contributed by atoms with E-state index >= 15 is 0 Å². The summed E-state index contributed by atoms with van der Waals surface area (Å²) in [5, 5.41) is 13.4. The minimum Gasteiger partial charge on any atom is -0.490 e. The number of nitrogen functional groups attached to an aromatic ring is 1. The molecule has 0 amide bonds. The first-order chi connectivity index (χ1) is 11.8. The molecule has 0 bridgehead atoms. The van der Waals surface area contributed by atoms with Gasteiger partial charge in [0.2, 0.25) is 5.95 Å². The summed E-state index contributed by atoms with van der Waals surface area (Å²) < 4.78 is 12.3. The number of imidazole rings is 1. The van der Waals surface area contributed by atoms with Crippen LogP contribution in [0.2, 0.25) is 5.02 Å². The van der Waals surface area contributed by atoms with Gasteiger partial charge in [0.25, 0.3) is 0 Å². The number of nitrogens with two attached hydrogens (primary N) is 1. The Bertz CT molecular complexity index is 804. The van der Waals surface area contributed by atoms with E-state index in [2.05, 4.69) is 10.1 Å². The molecule has 9 heteroatoms. The molecule has 1 aromatic heterocycles. The highest BCUT2D eigenvalue weighted by atomic mass is 35.5. The number of aromatic nitrogens is 2. The SMILES string of the molecule is CCOc1cc(C=Nn2cc(C)nc2N)cc(Cl)c1OC(C)C(=O)O. The first-order valence-electron chi connectivity index (χ1n) is 7.53. The number of rotatable bonds is 7. The van der Waals surface area contributed by atoms with E-state index in [1.54, 1.807) is 25.3 Å². The molecule has 0 saturated carbocycles. The Labute approximate surface area is 149 Å². The molecule has 134 valence electrons. The molecule has 0 saturated heterocycles. The van der Waals surface area contributed by atoms with Crippen LogP contribution in [0.5, 0.6) is 11.5 Å². The van der Waals surface area contributed by atoms with Crippen LogP contribution >= 0.6 is 11.6 Å². The van der Waals surface area contributed by atoms with E-state index in [-0.39, 0.29) is 16.7 Å². The van der Waals surface area contributed by atoms with E-state index in [9.17, 15) is 4.79 Å². The highest BCUT2D eigenvalue weighted by molar-refractivity contribution is 6.32. The Morgan fingerprint density at radius 3 is 2.84 bits per heavy atom. The van der Waals surface area contributed by atoms with Gasteiger partial charge in [-0.15, -0.1) is 0 Å². The van der Waals surface area contributed by atoms with E-state index in [0.29, 0.717) is 17.9 Å². The van der Waals surface area contributed by atoms with Gasteiger partial charge in [-0.1, -0.05) is 11.6 Å². The van der Waals surface area contributed by atoms with Crippen molar-refractivity contribution in [3.05, 3.63) is 34.6 Å². The number of benzene rings is 1. The second kappa shape index (κ2) is 7.89. The number of carboxylic acids is 1. The third-order valence-electron chi connectivity index (χ3n) is 3.14. The third kappa shape index (κ3) is 4.63. The molecule has 0 aliphatic heterocycles. The zero-order chi connectivity index (χ0) is 18.6. The van der Waals surface area contributed by atoms with Crippen LogP contribution in [0.4, 0.5) is 5.95 Å².